The van der Waals surface area contributed by atoms with Crippen molar-refractivity contribution in [3.8, 4) is 0 Å². The SMILES string of the molecule is CC(CN)N1CCN(C(=O)c2ccc(=O)[nH]n2)CC1. The summed E-state index contributed by atoms with van der Waals surface area (Å²) in [5.74, 6) is -0.142. The van der Waals surface area contributed by atoms with Gasteiger partial charge in [-0.3, -0.25) is 14.5 Å². The number of carbonyl (C=O) groups is 1. The maximum Gasteiger partial charge on any atom is 0.274 e. The summed E-state index contributed by atoms with van der Waals surface area (Å²) in [5, 5.41) is 6.04. The van der Waals surface area contributed by atoms with Crippen LogP contribution in [0.3, 0.4) is 0 Å². The summed E-state index contributed by atoms with van der Waals surface area (Å²) < 4.78 is 0. The highest BCUT2D eigenvalue weighted by Crippen LogP contribution is 2.08. The highest BCUT2D eigenvalue weighted by molar-refractivity contribution is 5.92. The zero-order valence-electron chi connectivity index (χ0n) is 11.0. The Hall–Kier alpha value is -1.73. The largest absolute Gasteiger partial charge is 0.335 e. The van der Waals surface area contributed by atoms with E-state index in [1.165, 1.54) is 12.1 Å². The normalized spacial score (nSPS) is 18.3. The minimum Gasteiger partial charge on any atom is -0.335 e. The van der Waals surface area contributed by atoms with E-state index in [9.17, 15) is 9.59 Å². The van der Waals surface area contributed by atoms with Crippen molar-refractivity contribution in [1.29, 1.82) is 0 Å². The summed E-state index contributed by atoms with van der Waals surface area (Å²) in [7, 11) is 0. The molecule has 19 heavy (non-hydrogen) atoms. The molecule has 0 bridgehead atoms. The Bertz CT molecular complexity index is 473. The van der Waals surface area contributed by atoms with E-state index in [4.69, 9.17) is 5.73 Å². The number of rotatable bonds is 3. The minimum atomic E-state index is -0.307. The molecule has 0 saturated carbocycles. The van der Waals surface area contributed by atoms with Crippen LogP contribution in [0.1, 0.15) is 17.4 Å². The van der Waals surface area contributed by atoms with E-state index in [0.717, 1.165) is 13.1 Å². The van der Waals surface area contributed by atoms with Gasteiger partial charge >= 0.3 is 0 Å². The van der Waals surface area contributed by atoms with Crippen molar-refractivity contribution in [2.24, 2.45) is 5.73 Å². The summed E-state index contributed by atoms with van der Waals surface area (Å²) in [4.78, 5) is 27.1. The van der Waals surface area contributed by atoms with Crippen molar-refractivity contribution in [1.82, 2.24) is 20.0 Å². The minimum absolute atomic E-state index is 0.142. The van der Waals surface area contributed by atoms with Crippen molar-refractivity contribution in [2.45, 2.75) is 13.0 Å². The van der Waals surface area contributed by atoms with Crippen LogP contribution in [0.5, 0.6) is 0 Å². The number of nitrogens with two attached hydrogens (primary N) is 1. The molecule has 7 nitrogen and oxygen atoms in total. The Kier molecular flexibility index (Phi) is 4.28. The van der Waals surface area contributed by atoms with Gasteiger partial charge in [0.2, 0.25) is 0 Å². The van der Waals surface area contributed by atoms with E-state index in [1.54, 1.807) is 4.90 Å². The zero-order chi connectivity index (χ0) is 13.8. The van der Waals surface area contributed by atoms with Crippen molar-refractivity contribution in [3.63, 3.8) is 0 Å². The average molecular weight is 265 g/mol. The lowest BCUT2D eigenvalue weighted by molar-refractivity contribution is 0.0582. The van der Waals surface area contributed by atoms with Crippen LogP contribution in [0.2, 0.25) is 0 Å². The highest BCUT2D eigenvalue weighted by atomic mass is 16.2. The van der Waals surface area contributed by atoms with Crippen molar-refractivity contribution in [2.75, 3.05) is 32.7 Å². The number of nitrogens with one attached hydrogen (secondary N) is 1. The van der Waals surface area contributed by atoms with Crippen LogP contribution >= 0.6 is 0 Å². The van der Waals surface area contributed by atoms with Crippen LogP contribution in [0.25, 0.3) is 0 Å². The smallest absolute Gasteiger partial charge is 0.274 e. The Morgan fingerprint density at radius 1 is 1.42 bits per heavy atom. The number of hydrogen-bond donors (Lipinski definition) is 2. The second kappa shape index (κ2) is 5.94. The molecule has 0 aromatic carbocycles. The van der Waals surface area contributed by atoms with Crippen molar-refractivity contribution >= 4 is 5.91 Å². The molecule has 7 heteroatoms. The first-order valence-corrected chi connectivity index (χ1v) is 6.41. The predicted molar refractivity (Wildman–Crippen MR) is 70.9 cm³/mol. The molecule has 1 amide bonds. The third-order valence-corrected chi connectivity index (χ3v) is 3.46. The van der Waals surface area contributed by atoms with Gasteiger partial charge in [-0.05, 0) is 13.0 Å². The molecule has 2 rings (SSSR count). The van der Waals surface area contributed by atoms with Crippen molar-refractivity contribution in [3.05, 3.63) is 28.2 Å². The van der Waals surface area contributed by atoms with E-state index in [1.807, 2.05) is 0 Å². The molecule has 0 radical (unpaired) electrons. The Balaban J connectivity index is 1.96. The lowest BCUT2D eigenvalue weighted by Crippen LogP contribution is -2.53. The number of amides is 1. The van der Waals surface area contributed by atoms with Gasteiger partial charge in [-0.15, -0.1) is 0 Å². The van der Waals surface area contributed by atoms with Gasteiger partial charge in [0.25, 0.3) is 11.5 Å². The topological polar surface area (TPSA) is 95.3 Å². The van der Waals surface area contributed by atoms with Crippen LogP contribution in [0.4, 0.5) is 0 Å². The predicted octanol–water partition coefficient (Wildman–Crippen LogP) is -1.13. The zero-order valence-corrected chi connectivity index (χ0v) is 11.0. The monoisotopic (exact) mass is 265 g/mol. The summed E-state index contributed by atoms with van der Waals surface area (Å²) >= 11 is 0. The number of aromatic nitrogens is 2. The second-order valence-corrected chi connectivity index (χ2v) is 4.72. The lowest BCUT2D eigenvalue weighted by atomic mass is 10.2. The molecule has 0 spiro atoms. The van der Waals surface area contributed by atoms with Gasteiger partial charge in [-0.1, -0.05) is 0 Å². The fourth-order valence-electron chi connectivity index (χ4n) is 2.14. The first kappa shape index (κ1) is 13.7. The van der Waals surface area contributed by atoms with Crippen LogP contribution in [0, 0.1) is 0 Å². The van der Waals surface area contributed by atoms with Crippen LogP contribution in [-0.4, -0.2) is 64.7 Å². The van der Waals surface area contributed by atoms with E-state index >= 15 is 0 Å². The molecular formula is C12H19N5O2. The van der Waals surface area contributed by atoms with Gasteiger partial charge in [-0.25, -0.2) is 5.10 Å². The van der Waals surface area contributed by atoms with E-state index in [2.05, 4.69) is 22.0 Å². The second-order valence-electron chi connectivity index (χ2n) is 4.72. The molecule has 104 valence electrons. The third kappa shape index (κ3) is 3.18. The molecule has 3 N–H and O–H groups in total. The van der Waals surface area contributed by atoms with Gasteiger partial charge in [0, 0.05) is 44.8 Å². The van der Waals surface area contributed by atoms with Gasteiger partial charge < -0.3 is 10.6 Å². The molecule has 1 aliphatic rings. The summed E-state index contributed by atoms with van der Waals surface area (Å²) in [6.45, 7) is 5.64. The summed E-state index contributed by atoms with van der Waals surface area (Å²) in [5.41, 5.74) is 5.61. The molecule has 1 aromatic rings. The molecule has 1 fully saturated rings. The van der Waals surface area contributed by atoms with Crippen molar-refractivity contribution < 1.29 is 4.79 Å². The Morgan fingerprint density at radius 3 is 2.63 bits per heavy atom. The molecule has 1 aliphatic heterocycles. The maximum absolute atomic E-state index is 12.2. The molecule has 1 unspecified atom stereocenters. The standard InChI is InChI=1S/C12H19N5O2/c1-9(8-13)16-4-6-17(7-5-16)12(19)10-2-3-11(18)15-14-10/h2-3,9H,4-8,13H2,1H3,(H,15,18). The number of hydrogen-bond acceptors (Lipinski definition) is 5. The van der Waals surface area contributed by atoms with Gasteiger partial charge in [0.05, 0.1) is 0 Å². The fourth-order valence-corrected chi connectivity index (χ4v) is 2.14. The van der Waals surface area contributed by atoms with Gasteiger partial charge in [0.15, 0.2) is 0 Å². The number of nitrogens with zero attached hydrogens (tertiary/aromatic N) is 3. The van der Waals surface area contributed by atoms with Crippen LogP contribution in [-0.2, 0) is 0 Å². The van der Waals surface area contributed by atoms with Gasteiger partial charge in [-0.2, -0.15) is 5.10 Å². The third-order valence-electron chi connectivity index (χ3n) is 3.46. The molecule has 1 saturated heterocycles. The average Bonchev–Trinajstić information content (AvgIpc) is 2.46. The molecule has 0 aliphatic carbocycles. The number of piperazine rings is 1. The fraction of sp³-hybridized carbons (Fsp3) is 0.583. The maximum atomic E-state index is 12.2. The lowest BCUT2D eigenvalue weighted by Gasteiger charge is -2.37. The molecule has 1 aromatic heterocycles. The number of H-pyrrole nitrogens is 1. The number of aromatic amines is 1. The van der Waals surface area contributed by atoms with Gasteiger partial charge in [0.1, 0.15) is 5.69 Å². The first-order chi connectivity index (χ1) is 9.11. The Labute approximate surface area is 111 Å². The van der Waals surface area contributed by atoms with E-state index in [0.29, 0.717) is 25.7 Å². The van der Waals surface area contributed by atoms with Crippen LogP contribution < -0.4 is 11.3 Å². The number of carbonyl (C=O) groups excluding carboxylic acids is 1. The van der Waals surface area contributed by atoms with E-state index in [-0.39, 0.29) is 17.2 Å². The molecule has 2 heterocycles. The van der Waals surface area contributed by atoms with E-state index < -0.39 is 0 Å². The highest BCUT2D eigenvalue weighted by Gasteiger charge is 2.24. The molecule has 1 atom stereocenters. The Morgan fingerprint density at radius 2 is 2.11 bits per heavy atom. The van der Waals surface area contributed by atoms with Crippen LogP contribution in [0.15, 0.2) is 16.9 Å². The summed E-state index contributed by atoms with van der Waals surface area (Å²) in [6.07, 6.45) is 0. The summed E-state index contributed by atoms with van der Waals surface area (Å²) in [6, 6.07) is 3.10. The molecular weight excluding hydrogens is 246 g/mol. The first-order valence-electron chi connectivity index (χ1n) is 6.41. The quantitative estimate of drug-likeness (QED) is 0.721.